The monoisotopic (exact) mass is 354 g/mol. The third-order valence-corrected chi connectivity index (χ3v) is 5.83. The van der Waals surface area contributed by atoms with Gasteiger partial charge in [-0.1, -0.05) is 65.2 Å². The van der Waals surface area contributed by atoms with Gasteiger partial charge in [-0.3, -0.25) is 0 Å². The van der Waals surface area contributed by atoms with E-state index < -0.39 is 0 Å². The largest absolute Gasteiger partial charge is 0.369 e. The molecule has 4 unspecified atom stereocenters. The van der Waals surface area contributed by atoms with Crippen LogP contribution in [0.2, 0.25) is 0 Å². The first-order valence-corrected chi connectivity index (χ1v) is 10.8. The summed E-state index contributed by atoms with van der Waals surface area (Å²) in [5.41, 5.74) is -0.0236. The van der Waals surface area contributed by atoms with Crippen molar-refractivity contribution < 1.29 is 14.2 Å². The van der Waals surface area contributed by atoms with Gasteiger partial charge in [-0.05, 0) is 40.5 Å². The Bertz CT molecular complexity index is 355. The minimum atomic E-state index is -0.0118. The molecule has 0 aromatic rings. The number of epoxide rings is 2. The smallest absolute Gasteiger partial charge is 0.113 e. The molecule has 2 heterocycles. The van der Waals surface area contributed by atoms with E-state index >= 15 is 0 Å². The summed E-state index contributed by atoms with van der Waals surface area (Å²) in [5.74, 6) is 0. The van der Waals surface area contributed by atoms with Gasteiger partial charge in [0.1, 0.15) is 12.2 Å². The van der Waals surface area contributed by atoms with E-state index in [2.05, 4.69) is 41.5 Å². The summed E-state index contributed by atoms with van der Waals surface area (Å²) in [4.78, 5) is 0. The van der Waals surface area contributed by atoms with E-state index in [0.717, 1.165) is 12.8 Å². The predicted octanol–water partition coefficient (Wildman–Crippen LogP) is 6.04. The summed E-state index contributed by atoms with van der Waals surface area (Å²) in [7, 11) is 0. The minimum absolute atomic E-state index is 0.0118. The molecular formula is C22H42O3. The zero-order valence-corrected chi connectivity index (χ0v) is 17.6. The van der Waals surface area contributed by atoms with E-state index in [1.807, 2.05) is 0 Å². The van der Waals surface area contributed by atoms with Crippen molar-refractivity contribution in [1.29, 1.82) is 0 Å². The zero-order chi connectivity index (χ0) is 18.5. The van der Waals surface area contributed by atoms with Crippen LogP contribution in [0.1, 0.15) is 106 Å². The fraction of sp³-hybridized carbons (Fsp3) is 1.00. The number of hydrogen-bond acceptors (Lipinski definition) is 3. The average Bonchev–Trinajstić information content (AvgIpc) is 3.39. The van der Waals surface area contributed by atoms with Crippen molar-refractivity contribution in [3.05, 3.63) is 0 Å². The van der Waals surface area contributed by atoms with E-state index in [4.69, 9.17) is 14.2 Å². The van der Waals surface area contributed by atoms with Crippen molar-refractivity contribution in [2.45, 2.75) is 141 Å². The average molecular weight is 355 g/mol. The molecule has 0 radical (unpaired) electrons. The summed E-state index contributed by atoms with van der Waals surface area (Å²) in [6.07, 6.45) is 13.5. The molecule has 0 aliphatic carbocycles. The SMILES string of the molecule is CCCCCCC(OC(CCCCCC)C1OC1(C)C)C1OC1(C)C. The lowest BCUT2D eigenvalue weighted by molar-refractivity contribution is -0.0472. The fourth-order valence-electron chi connectivity index (χ4n) is 3.98. The highest BCUT2D eigenvalue weighted by Gasteiger charge is 2.57. The summed E-state index contributed by atoms with van der Waals surface area (Å²) in [6.45, 7) is 13.3. The van der Waals surface area contributed by atoms with Crippen LogP contribution < -0.4 is 0 Å². The molecule has 2 aliphatic heterocycles. The van der Waals surface area contributed by atoms with Crippen LogP contribution in [0.3, 0.4) is 0 Å². The van der Waals surface area contributed by atoms with Gasteiger partial charge in [0.25, 0.3) is 0 Å². The molecule has 0 saturated carbocycles. The lowest BCUT2D eigenvalue weighted by atomic mass is 9.97. The third kappa shape index (κ3) is 6.52. The second kappa shape index (κ2) is 9.19. The van der Waals surface area contributed by atoms with Gasteiger partial charge < -0.3 is 14.2 Å². The highest BCUT2D eigenvalue weighted by molar-refractivity contribution is 5.03. The van der Waals surface area contributed by atoms with Gasteiger partial charge in [0.15, 0.2) is 0 Å². The first-order valence-electron chi connectivity index (χ1n) is 10.8. The van der Waals surface area contributed by atoms with Gasteiger partial charge in [-0.15, -0.1) is 0 Å². The number of rotatable bonds is 14. The highest BCUT2D eigenvalue weighted by Crippen LogP contribution is 2.45. The van der Waals surface area contributed by atoms with E-state index in [1.165, 1.54) is 51.4 Å². The van der Waals surface area contributed by atoms with Crippen LogP contribution in [0.4, 0.5) is 0 Å². The quantitative estimate of drug-likeness (QED) is 0.282. The molecule has 4 atom stereocenters. The number of ether oxygens (including phenoxy) is 3. The van der Waals surface area contributed by atoms with Gasteiger partial charge in [-0.25, -0.2) is 0 Å². The Labute approximate surface area is 156 Å². The lowest BCUT2D eigenvalue weighted by Gasteiger charge is -2.24. The Hall–Kier alpha value is -0.120. The molecule has 2 saturated heterocycles. The van der Waals surface area contributed by atoms with Gasteiger partial charge in [-0.2, -0.15) is 0 Å². The van der Waals surface area contributed by atoms with E-state index in [0.29, 0.717) is 0 Å². The Balaban J connectivity index is 1.88. The first-order chi connectivity index (χ1) is 11.8. The van der Waals surface area contributed by atoms with Crippen molar-refractivity contribution >= 4 is 0 Å². The molecule has 3 heteroatoms. The maximum Gasteiger partial charge on any atom is 0.113 e. The fourth-order valence-corrected chi connectivity index (χ4v) is 3.98. The number of hydrogen-bond donors (Lipinski definition) is 0. The van der Waals surface area contributed by atoms with Gasteiger partial charge in [0.05, 0.1) is 23.4 Å². The van der Waals surface area contributed by atoms with Crippen LogP contribution in [0, 0.1) is 0 Å². The molecule has 3 nitrogen and oxygen atoms in total. The minimum Gasteiger partial charge on any atom is -0.369 e. The second-order valence-corrected chi connectivity index (χ2v) is 9.20. The summed E-state index contributed by atoms with van der Waals surface area (Å²) >= 11 is 0. The molecule has 0 N–H and O–H groups in total. The van der Waals surface area contributed by atoms with Gasteiger partial charge >= 0.3 is 0 Å². The summed E-state index contributed by atoms with van der Waals surface area (Å²) < 4.78 is 18.6. The van der Waals surface area contributed by atoms with Crippen LogP contribution in [-0.2, 0) is 14.2 Å². The second-order valence-electron chi connectivity index (χ2n) is 9.20. The Morgan fingerprint density at radius 3 is 1.32 bits per heavy atom. The van der Waals surface area contributed by atoms with Crippen molar-refractivity contribution in [3.63, 3.8) is 0 Å². The Morgan fingerprint density at radius 1 is 0.680 bits per heavy atom. The van der Waals surface area contributed by atoms with Crippen molar-refractivity contribution in [3.8, 4) is 0 Å². The Kier molecular flexibility index (Phi) is 7.79. The molecule has 2 fully saturated rings. The number of unbranched alkanes of at least 4 members (excludes halogenated alkanes) is 6. The maximum atomic E-state index is 6.68. The molecule has 0 aromatic heterocycles. The van der Waals surface area contributed by atoms with Gasteiger partial charge in [0, 0.05) is 0 Å². The van der Waals surface area contributed by atoms with Crippen molar-refractivity contribution in [1.82, 2.24) is 0 Å². The molecular weight excluding hydrogens is 312 g/mol. The molecule has 25 heavy (non-hydrogen) atoms. The topological polar surface area (TPSA) is 34.3 Å². The Morgan fingerprint density at radius 2 is 1.04 bits per heavy atom. The van der Waals surface area contributed by atoms with Crippen LogP contribution in [0.15, 0.2) is 0 Å². The molecule has 2 rings (SSSR count). The molecule has 0 bridgehead atoms. The van der Waals surface area contributed by atoms with E-state index in [9.17, 15) is 0 Å². The van der Waals surface area contributed by atoms with E-state index in [-0.39, 0.29) is 35.6 Å². The third-order valence-electron chi connectivity index (χ3n) is 5.83. The van der Waals surface area contributed by atoms with Crippen LogP contribution in [0.5, 0.6) is 0 Å². The maximum absolute atomic E-state index is 6.68. The standard InChI is InChI=1S/C22H42O3/c1-7-9-11-13-15-17(19-21(3,4)24-19)23-18(16-14-12-10-8-2)20-22(5,6)25-20/h17-20H,7-16H2,1-6H3. The zero-order valence-electron chi connectivity index (χ0n) is 17.6. The normalized spacial score (nSPS) is 28.6. The molecule has 0 aromatic carbocycles. The molecule has 2 aliphatic rings. The van der Waals surface area contributed by atoms with Gasteiger partial charge in [0.2, 0.25) is 0 Å². The molecule has 0 amide bonds. The summed E-state index contributed by atoms with van der Waals surface area (Å²) in [6, 6.07) is 0. The van der Waals surface area contributed by atoms with Crippen LogP contribution in [0.25, 0.3) is 0 Å². The van der Waals surface area contributed by atoms with Crippen molar-refractivity contribution in [2.75, 3.05) is 0 Å². The highest BCUT2D eigenvalue weighted by atomic mass is 16.7. The summed E-state index contributed by atoms with van der Waals surface area (Å²) in [5, 5.41) is 0. The molecule has 0 spiro atoms. The van der Waals surface area contributed by atoms with E-state index in [1.54, 1.807) is 0 Å². The van der Waals surface area contributed by atoms with Crippen molar-refractivity contribution in [2.24, 2.45) is 0 Å². The van der Waals surface area contributed by atoms with Crippen LogP contribution in [-0.4, -0.2) is 35.6 Å². The lowest BCUT2D eigenvalue weighted by Crippen LogP contribution is -2.34. The predicted molar refractivity (Wildman–Crippen MR) is 104 cm³/mol. The first kappa shape index (κ1) is 21.2. The molecule has 148 valence electrons. The van der Waals surface area contributed by atoms with Crippen LogP contribution >= 0.6 is 0 Å².